The zero-order valence-corrected chi connectivity index (χ0v) is 18.1. The normalized spacial score (nSPS) is 25.0. The fraction of sp³-hybridized carbons (Fsp3) is 0.348. The van der Waals surface area contributed by atoms with Gasteiger partial charge in [-0.05, 0) is 30.3 Å². The first-order valence-corrected chi connectivity index (χ1v) is 10.9. The summed E-state index contributed by atoms with van der Waals surface area (Å²) in [5.41, 5.74) is 0.00687. The molecule has 0 radical (unpaired) electrons. The van der Waals surface area contributed by atoms with Gasteiger partial charge in [-0.3, -0.25) is 29.9 Å². The molecule has 0 aromatic heterocycles. The summed E-state index contributed by atoms with van der Waals surface area (Å²) in [4.78, 5) is 56.4. The van der Waals surface area contributed by atoms with Gasteiger partial charge in [0.2, 0.25) is 5.91 Å². The van der Waals surface area contributed by atoms with Crippen molar-refractivity contribution in [3.63, 3.8) is 0 Å². The molecule has 3 aliphatic heterocycles. The number of para-hydroxylation sites is 1. The standard InChI is InChI=1S/C23H23N5O5/c1-2-25-10-11-26-18-9-8-17(28(32)33)12-15(18)13-23(19(26)14-25)20(29)24-22(31)27(21(23)30)16-6-4-3-5-7-16/h3-9,12,19H,2,10-11,13-14H2,1H3,(H,24,29,31)/t19-,23+/m0/s1. The first kappa shape index (κ1) is 21.1. The second-order valence-electron chi connectivity index (χ2n) is 8.56. The summed E-state index contributed by atoms with van der Waals surface area (Å²) < 4.78 is 0. The molecule has 0 unspecified atom stereocenters. The van der Waals surface area contributed by atoms with Crippen LogP contribution in [-0.2, 0) is 16.0 Å². The van der Waals surface area contributed by atoms with Crippen LogP contribution >= 0.6 is 0 Å². The molecule has 2 fully saturated rings. The van der Waals surface area contributed by atoms with Gasteiger partial charge in [-0.1, -0.05) is 25.1 Å². The molecule has 33 heavy (non-hydrogen) atoms. The van der Waals surface area contributed by atoms with E-state index in [0.717, 1.165) is 23.7 Å². The molecule has 1 spiro atoms. The minimum Gasteiger partial charge on any atom is -0.364 e. The average Bonchev–Trinajstić information content (AvgIpc) is 2.82. The Morgan fingerprint density at radius 1 is 1.12 bits per heavy atom. The Morgan fingerprint density at radius 2 is 1.88 bits per heavy atom. The lowest BCUT2D eigenvalue weighted by Gasteiger charge is -2.55. The molecule has 3 heterocycles. The summed E-state index contributed by atoms with van der Waals surface area (Å²) >= 11 is 0. The van der Waals surface area contributed by atoms with Crippen LogP contribution in [0.4, 0.5) is 21.9 Å². The number of urea groups is 1. The minimum atomic E-state index is -1.60. The highest BCUT2D eigenvalue weighted by Gasteiger charge is 2.63. The number of hydrogen-bond acceptors (Lipinski definition) is 7. The van der Waals surface area contributed by atoms with Gasteiger partial charge in [-0.2, -0.15) is 0 Å². The van der Waals surface area contributed by atoms with Crippen molar-refractivity contribution in [3.05, 3.63) is 64.2 Å². The predicted molar refractivity (Wildman–Crippen MR) is 120 cm³/mol. The number of hydrogen-bond donors (Lipinski definition) is 1. The number of carbonyl (C=O) groups is 3. The van der Waals surface area contributed by atoms with Crippen molar-refractivity contribution in [1.29, 1.82) is 0 Å². The molecule has 10 nitrogen and oxygen atoms in total. The highest BCUT2D eigenvalue weighted by Crippen LogP contribution is 2.47. The van der Waals surface area contributed by atoms with E-state index in [-0.39, 0.29) is 12.1 Å². The number of rotatable bonds is 3. The van der Waals surface area contributed by atoms with Crippen molar-refractivity contribution in [2.45, 2.75) is 19.4 Å². The van der Waals surface area contributed by atoms with Crippen molar-refractivity contribution in [2.24, 2.45) is 5.41 Å². The van der Waals surface area contributed by atoms with Crippen molar-refractivity contribution in [2.75, 3.05) is 36.0 Å². The van der Waals surface area contributed by atoms with Gasteiger partial charge in [0, 0.05) is 43.9 Å². The van der Waals surface area contributed by atoms with Crippen molar-refractivity contribution >= 4 is 34.9 Å². The van der Waals surface area contributed by atoms with Gasteiger partial charge in [0.05, 0.1) is 16.7 Å². The van der Waals surface area contributed by atoms with Crippen molar-refractivity contribution in [3.8, 4) is 0 Å². The number of nitrogens with zero attached hydrogens (tertiary/aromatic N) is 4. The number of likely N-dealkylation sites (N-methyl/N-ethyl adjacent to an activating group) is 1. The van der Waals surface area contributed by atoms with E-state index >= 15 is 0 Å². The van der Waals surface area contributed by atoms with Gasteiger partial charge in [0.15, 0.2) is 5.41 Å². The molecule has 0 bridgehead atoms. The number of nitro groups is 1. The van der Waals surface area contributed by atoms with E-state index in [1.165, 1.54) is 12.1 Å². The highest BCUT2D eigenvalue weighted by atomic mass is 16.6. The molecule has 5 rings (SSSR count). The number of benzene rings is 2. The molecule has 2 aromatic rings. The van der Waals surface area contributed by atoms with Crippen LogP contribution in [0.2, 0.25) is 0 Å². The third-order valence-corrected chi connectivity index (χ3v) is 6.96. The van der Waals surface area contributed by atoms with Crippen LogP contribution in [0.25, 0.3) is 0 Å². The van der Waals surface area contributed by atoms with Gasteiger partial charge in [0.25, 0.3) is 11.6 Å². The largest absolute Gasteiger partial charge is 0.364 e. The number of carbonyl (C=O) groups excluding carboxylic acids is 3. The number of amides is 4. The third-order valence-electron chi connectivity index (χ3n) is 6.96. The molecule has 10 heteroatoms. The number of fused-ring (bicyclic) bond motifs is 4. The molecule has 4 amide bonds. The summed E-state index contributed by atoms with van der Waals surface area (Å²) in [5.74, 6) is -1.26. The zero-order valence-electron chi connectivity index (χ0n) is 18.1. The number of barbiturate groups is 1. The molecule has 2 saturated heterocycles. The Bertz CT molecular complexity index is 1170. The molecule has 0 saturated carbocycles. The fourth-order valence-electron chi connectivity index (χ4n) is 5.28. The molecule has 2 atom stereocenters. The summed E-state index contributed by atoms with van der Waals surface area (Å²) in [7, 11) is 0. The molecular formula is C23H23N5O5. The van der Waals surface area contributed by atoms with E-state index in [0.29, 0.717) is 24.3 Å². The Balaban J connectivity index is 1.68. The van der Waals surface area contributed by atoms with Gasteiger partial charge in [0.1, 0.15) is 0 Å². The summed E-state index contributed by atoms with van der Waals surface area (Å²) in [6.45, 7) is 4.53. The highest BCUT2D eigenvalue weighted by molar-refractivity contribution is 6.30. The number of nitrogens with one attached hydrogen (secondary N) is 1. The molecule has 3 aliphatic rings. The first-order chi connectivity index (χ1) is 15.9. The second kappa shape index (κ2) is 7.66. The second-order valence-corrected chi connectivity index (χ2v) is 8.56. The SMILES string of the molecule is CCN1CCN2c3ccc([N+](=O)[O-])cc3C[C@]3(C(=O)NC(=O)N(c4ccccc4)C3=O)[C@@H]2C1. The topological polar surface area (TPSA) is 116 Å². The summed E-state index contributed by atoms with van der Waals surface area (Å²) in [6.07, 6.45) is -0.0238. The lowest BCUT2D eigenvalue weighted by molar-refractivity contribution is -0.384. The molecule has 0 aliphatic carbocycles. The number of anilines is 2. The Morgan fingerprint density at radius 3 is 2.58 bits per heavy atom. The first-order valence-electron chi connectivity index (χ1n) is 10.9. The number of piperazine rings is 1. The van der Waals surface area contributed by atoms with Crippen LogP contribution in [0.3, 0.4) is 0 Å². The minimum absolute atomic E-state index is 0.0238. The number of imide groups is 2. The van der Waals surface area contributed by atoms with Crippen LogP contribution in [-0.4, -0.2) is 59.9 Å². The quantitative estimate of drug-likeness (QED) is 0.432. The third kappa shape index (κ3) is 3.09. The van der Waals surface area contributed by atoms with Crippen LogP contribution in [0.15, 0.2) is 48.5 Å². The molecular weight excluding hydrogens is 426 g/mol. The zero-order chi connectivity index (χ0) is 23.3. The van der Waals surface area contributed by atoms with Crippen LogP contribution < -0.4 is 15.1 Å². The predicted octanol–water partition coefficient (Wildman–Crippen LogP) is 1.93. The Kier molecular flexibility index (Phi) is 4.89. The maximum Gasteiger partial charge on any atom is 0.335 e. The van der Waals surface area contributed by atoms with Crippen LogP contribution in [0.1, 0.15) is 12.5 Å². The van der Waals surface area contributed by atoms with Gasteiger partial charge >= 0.3 is 6.03 Å². The van der Waals surface area contributed by atoms with Crippen molar-refractivity contribution < 1.29 is 19.3 Å². The van der Waals surface area contributed by atoms with Gasteiger partial charge < -0.3 is 4.90 Å². The Labute approximate surface area is 189 Å². The molecule has 2 aromatic carbocycles. The monoisotopic (exact) mass is 449 g/mol. The van der Waals surface area contributed by atoms with Crippen LogP contribution in [0.5, 0.6) is 0 Å². The lowest BCUT2D eigenvalue weighted by atomic mass is 9.67. The lowest BCUT2D eigenvalue weighted by Crippen LogP contribution is -2.75. The van der Waals surface area contributed by atoms with E-state index in [1.807, 2.05) is 11.8 Å². The molecule has 170 valence electrons. The van der Waals surface area contributed by atoms with Gasteiger partial charge in [-0.15, -0.1) is 0 Å². The molecule has 1 N–H and O–H groups in total. The maximum atomic E-state index is 14.1. The van der Waals surface area contributed by atoms with Crippen molar-refractivity contribution in [1.82, 2.24) is 10.2 Å². The van der Waals surface area contributed by atoms with E-state index in [1.54, 1.807) is 36.4 Å². The van der Waals surface area contributed by atoms with E-state index in [2.05, 4.69) is 10.2 Å². The smallest absolute Gasteiger partial charge is 0.335 e. The summed E-state index contributed by atoms with van der Waals surface area (Å²) in [5, 5.41) is 13.8. The van der Waals surface area contributed by atoms with E-state index in [4.69, 9.17) is 0 Å². The van der Waals surface area contributed by atoms with E-state index in [9.17, 15) is 24.5 Å². The van der Waals surface area contributed by atoms with Gasteiger partial charge in [-0.25, -0.2) is 9.69 Å². The Hall–Kier alpha value is -3.79. The fourth-order valence-corrected chi connectivity index (χ4v) is 5.28. The average molecular weight is 449 g/mol. The van der Waals surface area contributed by atoms with Crippen LogP contribution in [0, 0.1) is 15.5 Å². The van der Waals surface area contributed by atoms with E-state index < -0.39 is 34.2 Å². The summed E-state index contributed by atoms with van der Waals surface area (Å²) in [6, 6.07) is 11.7. The number of non-ortho nitro benzene ring substituents is 1. The number of nitro benzene ring substituents is 1. The maximum absolute atomic E-state index is 14.1.